The van der Waals surface area contributed by atoms with Crippen molar-refractivity contribution in [2.75, 3.05) is 12.4 Å². The number of carbonyl (C=O) groups excluding carboxylic acids is 1. The maximum atomic E-state index is 10.7. The van der Waals surface area contributed by atoms with E-state index in [1.807, 2.05) is 6.92 Å². The first-order valence-corrected chi connectivity index (χ1v) is 4.59. The van der Waals surface area contributed by atoms with Crippen molar-refractivity contribution in [3.05, 3.63) is 0 Å². The van der Waals surface area contributed by atoms with Gasteiger partial charge >= 0.3 is 5.30 Å². The Kier molecular flexibility index (Phi) is 6.81. The van der Waals surface area contributed by atoms with Crippen molar-refractivity contribution in [1.82, 2.24) is 0 Å². The van der Waals surface area contributed by atoms with Crippen LogP contribution in [0.5, 0.6) is 0 Å². The number of hydrogen-bond donors (Lipinski definition) is 0. The lowest BCUT2D eigenvalue weighted by atomic mass is 10.4. The van der Waals surface area contributed by atoms with Gasteiger partial charge in [0.25, 0.3) is 0 Å². The molecule has 0 bridgehead atoms. The molecule has 3 heteroatoms. The van der Waals surface area contributed by atoms with Gasteiger partial charge in [-0.3, -0.25) is 0 Å². The highest BCUT2D eigenvalue weighted by molar-refractivity contribution is 8.13. The van der Waals surface area contributed by atoms with Crippen molar-refractivity contribution >= 4 is 17.1 Å². The second-order valence-corrected chi connectivity index (χ2v) is 3.08. The van der Waals surface area contributed by atoms with Gasteiger partial charge in [-0.05, 0) is 18.2 Å². The topological polar surface area (TPSA) is 26.3 Å². The van der Waals surface area contributed by atoms with Crippen molar-refractivity contribution in [2.45, 2.75) is 26.7 Å². The molecule has 0 saturated carbocycles. The van der Waals surface area contributed by atoms with Gasteiger partial charge in [0.2, 0.25) is 0 Å². The first-order valence-electron chi connectivity index (χ1n) is 3.60. The van der Waals surface area contributed by atoms with E-state index in [1.54, 1.807) is 0 Å². The fourth-order valence-electron chi connectivity index (χ4n) is 0.459. The number of thioether (sulfide) groups is 1. The Labute approximate surface area is 66.3 Å². The molecule has 0 aliphatic rings. The number of unbranched alkanes of at least 4 members (excludes halogenated alkanes) is 1. The van der Waals surface area contributed by atoms with Gasteiger partial charge in [0, 0.05) is 5.75 Å². The number of rotatable bonds is 4. The smallest absolute Gasteiger partial charge is 0.367 e. The van der Waals surface area contributed by atoms with Crippen molar-refractivity contribution < 1.29 is 9.53 Å². The van der Waals surface area contributed by atoms with E-state index in [4.69, 9.17) is 4.74 Å². The predicted octanol–water partition coefficient (Wildman–Crippen LogP) is 2.68. The summed E-state index contributed by atoms with van der Waals surface area (Å²) in [4.78, 5) is 10.7. The Morgan fingerprint density at radius 1 is 1.50 bits per heavy atom. The maximum Gasteiger partial charge on any atom is 0.367 e. The molecule has 10 heavy (non-hydrogen) atoms. The molecule has 0 heterocycles. The average molecular weight is 162 g/mol. The molecule has 0 aliphatic carbocycles. The quantitative estimate of drug-likeness (QED) is 0.469. The first-order chi connectivity index (χ1) is 4.81. The molecule has 0 rings (SSSR count). The molecule has 0 saturated heterocycles. The highest BCUT2D eigenvalue weighted by Crippen LogP contribution is 2.04. The summed E-state index contributed by atoms with van der Waals surface area (Å²) in [5.41, 5.74) is 0. The van der Waals surface area contributed by atoms with E-state index in [2.05, 4.69) is 6.92 Å². The lowest BCUT2D eigenvalue weighted by molar-refractivity contribution is 0.173. The molecule has 0 aliphatic heterocycles. The van der Waals surface area contributed by atoms with Gasteiger partial charge in [0.05, 0.1) is 6.61 Å². The van der Waals surface area contributed by atoms with Crippen LogP contribution in [0.25, 0.3) is 0 Å². The minimum Gasteiger partial charge on any atom is -0.458 e. The molecule has 60 valence electrons. The van der Waals surface area contributed by atoms with E-state index in [0.717, 1.165) is 18.6 Å². The Hall–Kier alpha value is -0.180. The Morgan fingerprint density at radius 2 is 2.20 bits per heavy atom. The molecule has 0 aromatic rings. The van der Waals surface area contributed by atoms with Gasteiger partial charge in [0.1, 0.15) is 0 Å². The third-order valence-corrected chi connectivity index (χ3v) is 1.62. The summed E-state index contributed by atoms with van der Waals surface area (Å²) >= 11 is 1.22. The van der Waals surface area contributed by atoms with Crippen LogP contribution in [0, 0.1) is 0 Å². The molecule has 0 unspecified atom stereocenters. The standard InChI is InChI=1S/C7H14O2S/c1-3-5-6-9-7(8)10-4-2/h3-6H2,1-2H3. The molecule has 0 N–H and O–H groups in total. The minimum atomic E-state index is -0.143. The average Bonchev–Trinajstić information content (AvgIpc) is 1.89. The minimum absolute atomic E-state index is 0.143. The van der Waals surface area contributed by atoms with Gasteiger partial charge in [-0.15, -0.1) is 0 Å². The molecule has 0 aromatic carbocycles. The highest BCUT2D eigenvalue weighted by Gasteiger charge is 1.98. The molecule has 0 fully saturated rings. The van der Waals surface area contributed by atoms with E-state index < -0.39 is 0 Å². The second-order valence-electron chi connectivity index (χ2n) is 1.89. The molecule has 0 atom stereocenters. The van der Waals surface area contributed by atoms with Crippen LogP contribution in [0.1, 0.15) is 26.7 Å². The van der Waals surface area contributed by atoms with Crippen LogP contribution >= 0.6 is 11.8 Å². The highest BCUT2D eigenvalue weighted by atomic mass is 32.2. The summed E-state index contributed by atoms with van der Waals surface area (Å²) in [5.74, 6) is 0.797. The van der Waals surface area contributed by atoms with Crippen LogP contribution < -0.4 is 0 Å². The fraction of sp³-hybridized carbons (Fsp3) is 0.857. The number of ether oxygens (including phenoxy) is 1. The van der Waals surface area contributed by atoms with Gasteiger partial charge in [-0.2, -0.15) is 0 Å². The van der Waals surface area contributed by atoms with Gasteiger partial charge in [-0.1, -0.05) is 20.3 Å². The normalized spacial score (nSPS) is 9.40. The molecule has 0 radical (unpaired) electrons. The third-order valence-electron chi connectivity index (χ3n) is 0.980. The lowest BCUT2D eigenvalue weighted by Crippen LogP contribution is -1.98. The van der Waals surface area contributed by atoms with Crippen LogP contribution in [0.4, 0.5) is 4.79 Å². The summed E-state index contributed by atoms with van der Waals surface area (Å²) in [5, 5.41) is -0.143. The Bertz CT molecular complexity index is 93.6. The second kappa shape index (κ2) is 6.93. The SMILES string of the molecule is CCCCOC(=O)SCC. The summed E-state index contributed by atoms with van der Waals surface area (Å²) in [7, 11) is 0. The van der Waals surface area contributed by atoms with Crippen LogP contribution in [0.3, 0.4) is 0 Å². The van der Waals surface area contributed by atoms with Crippen LogP contribution in [0.2, 0.25) is 0 Å². The van der Waals surface area contributed by atoms with Crippen molar-refractivity contribution in [3.63, 3.8) is 0 Å². The van der Waals surface area contributed by atoms with Gasteiger partial charge in [-0.25, -0.2) is 4.79 Å². The molecular weight excluding hydrogens is 148 g/mol. The third kappa shape index (κ3) is 5.95. The Balaban J connectivity index is 3.05. The van der Waals surface area contributed by atoms with E-state index in [-0.39, 0.29) is 5.30 Å². The molecule has 0 spiro atoms. The first kappa shape index (κ1) is 9.82. The van der Waals surface area contributed by atoms with E-state index in [9.17, 15) is 4.79 Å². The van der Waals surface area contributed by atoms with Crippen molar-refractivity contribution in [2.24, 2.45) is 0 Å². The molecule has 2 nitrogen and oxygen atoms in total. The summed E-state index contributed by atoms with van der Waals surface area (Å²) in [6, 6.07) is 0. The number of carbonyl (C=O) groups is 1. The van der Waals surface area contributed by atoms with Crippen LogP contribution in [-0.2, 0) is 4.74 Å². The zero-order chi connectivity index (χ0) is 7.82. The summed E-state index contributed by atoms with van der Waals surface area (Å²) < 4.78 is 4.85. The monoisotopic (exact) mass is 162 g/mol. The van der Waals surface area contributed by atoms with E-state index in [0.29, 0.717) is 6.61 Å². The lowest BCUT2D eigenvalue weighted by Gasteiger charge is -2.00. The van der Waals surface area contributed by atoms with Crippen molar-refractivity contribution in [1.29, 1.82) is 0 Å². The van der Waals surface area contributed by atoms with Crippen LogP contribution in [-0.4, -0.2) is 17.7 Å². The van der Waals surface area contributed by atoms with E-state index in [1.165, 1.54) is 11.8 Å². The largest absolute Gasteiger partial charge is 0.458 e. The van der Waals surface area contributed by atoms with Gasteiger partial charge in [0.15, 0.2) is 0 Å². The molecule has 0 amide bonds. The molecular formula is C7H14O2S. The zero-order valence-corrected chi connectivity index (χ0v) is 7.37. The zero-order valence-electron chi connectivity index (χ0n) is 6.55. The van der Waals surface area contributed by atoms with Crippen LogP contribution in [0.15, 0.2) is 0 Å². The summed E-state index contributed by atoms with van der Waals surface area (Å²) in [6.45, 7) is 4.58. The molecule has 0 aromatic heterocycles. The fourth-order valence-corrected chi connectivity index (χ4v) is 0.862. The number of hydrogen-bond acceptors (Lipinski definition) is 3. The summed E-state index contributed by atoms with van der Waals surface area (Å²) in [6.07, 6.45) is 2.04. The Morgan fingerprint density at radius 3 is 2.70 bits per heavy atom. The predicted molar refractivity (Wildman–Crippen MR) is 44.4 cm³/mol. The maximum absolute atomic E-state index is 10.7. The van der Waals surface area contributed by atoms with Crippen molar-refractivity contribution in [3.8, 4) is 0 Å². The van der Waals surface area contributed by atoms with E-state index >= 15 is 0 Å². The van der Waals surface area contributed by atoms with Gasteiger partial charge < -0.3 is 4.74 Å².